The van der Waals surface area contributed by atoms with Crippen LogP contribution in [0.4, 0.5) is 18.9 Å². The molecular formula is C23H20F3N3O3. The monoisotopic (exact) mass is 443 g/mol. The summed E-state index contributed by atoms with van der Waals surface area (Å²) in [5.41, 5.74) is 1.33. The van der Waals surface area contributed by atoms with Crippen molar-refractivity contribution in [1.82, 2.24) is 10.3 Å². The molecule has 9 heteroatoms. The molecule has 0 saturated heterocycles. The number of anilines is 1. The molecule has 2 amide bonds. The second-order valence-electron chi connectivity index (χ2n) is 6.93. The molecule has 0 unspecified atom stereocenters. The van der Waals surface area contributed by atoms with Crippen molar-refractivity contribution in [3.8, 4) is 5.75 Å². The van der Waals surface area contributed by atoms with E-state index in [4.69, 9.17) is 4.74 Å². The number of alkyl halides is 3. The van der Waals surface area contributed by atoms with E-state index in [0.29, 0.717) is 17.9 Å². The third-order valence-electron chi connectivity index (χ3n) is 4.39. The van der Waals surface area contributed by atoms with E-state index in [1.807, 2.05) is 19.1 Å². The lowest BCUT2D eigenvalue weighted by Crippen LogP contribution is -2.23. The molecule has 0 spiro atoms. The summed E-state index contributed by atoms with van der Waals surface area (Å²) in [6, 6.07) is 14.2. The molecule has 6 nitrogen and oxygen atoms in total. The Hall–Kier alpha value is -3.88. The molecule has 0 radical (unpaired) electrons. The molecule has 2 N–H and O–H groups in total. The van der Waals surface area contributed by atoms with Crippen LogP contribution in [0.5, 0.6) is 5.75 Å². The van der Waals surface area contributed by atoms with Gasteiger partial charge in [-0.2, -0.15) is 13.2 Å². The number of amides is 2. The molecule has 3 rings (SSSR count). The van der Waals surface area contributed by atoms with Crippen LogP contribution in [-0.4, -0.2) is 23.4 Å². The number of aryl methyl sites for hydroxylation is 1. The van der Waals surface area contributed by atoms with Crippen molar-refractivity contribution < 1.29 is 27.5 Å². The fraction of sp³-hybridized carbons (Fsp3) is 0.174. The number of ether oxygens (including phenoxy) is 1. The van der Waals surface area contributed by atoms with Gasteiger partial charge >= 0.3 is 6.18 Å². The fourth-order valence-corrected chi connectivity index (χ4v) is 2.71. The summed E-state index contributed by atoms with van der Waals surface area (Å²) >= 11 is 0. The van der Waals surface area contributed by atoms with Crippen molar-refractivity contribution in [3.63, 3.8) is 0 Å². The Bertz CT molecular complexity index is 1080. The zero-order chi connectivity index (χ0) is 23.1. The van der Waals surface area contributed by atoms with Gasteiger partial charge in [-0.05, 0) is 61.0 Å². The number of rotatable bonds is 7. The van der Waals surface area contributed by atoms with Crippen LogP contribution in [0, 0.1) is 6.92 Å². The maximum atomic E-state index is 12.7. The van der Waals surface area contributed by atoms with Crippen LogP contribution in [0.1, 0.15) is 27.2 Å². The van der Waals surface area contributed by atoms with Crippen molar-refractivity contribution in [1.29, 1.82) is 0 Å². The summed E-state index contributed by atoms with van der Waals surface area (Å²) in [5, 5.41) is 5.14. The average Bonchev–Trinajstić information content (AvgIpc) is 2.77. The number of hydrogen-bond donors (Lipinski definition) is 2. The summed E-state index contributed by atoms with van der Waals surface area (Å²) in [5.74, 6) is -0.555. The Kier molecular flexibility index (Phi) is 7.09. The van der Waals surface area contributed by atoms with Gasteiger partial charge in [0, 0.05) is 29.7 Å². The lowest BCUT2D eigenvalue weighted by atomic mass is 10.2. The predicted octanol–water partition coefficient (Wildman–Crippen LogP) is 4.36. The molecule has 0 atom stereocenters. The minimum absolute atomic E-state index is 0.0178. The van der Waals surface area contributed by atoms with Crippen molar-refractivity contribution in [2.24, 2.45) is 0 Å². The molecule has 1 heterocycles. The van der Waals surface area contributed by atoms with E-state index >= 15 is 0 Å². The molecule has 166 valence electrons. The number of halogens is 3. The quantitative estimate of drug-likeness (QED) is 0.569. The highest BCUT2D eigenvalue weighted by atomic mass is 19.4. The molecule has 0 aliphatic carbocycles. The van der Waals surface area contributed by atoms with Gasteiger partial charge < -0.3 is 15.4 Å². The number of nitrogens with zero attached hydrogens (tertiary/aromatic N) is 1. The smallest absolute Gasteiger partial charge is 0.416 e. The van der Waals surface area contributed by atoms with Gasteiger partial charge in [-0.15, -0.1) is 0 Å². The molecule has 0 bridgehead atoms. The normalized spacial score (nSPS) is 11.0. The minimum atomic E-state index is -4.50. The van der Waals surface area contributed by atoms with Crippen LogP contribution in [-0.2, 0) is 17.5 Å². The number of carbonyl (C=O) groups excluding carboxylic acids is 2. The second-order valence-corrected chi connectivity index (χ2v) is 6.93. The molecule has 0 fully saturated rings. The van der Waals surface area contributed by atoms with E-state index in [1.165, 1.54) is 24.3 Å². The summed E-state index contributed by atoms with van der Waals surface area (Å²) in [7, 11) is 0. The van der Waals surface area contributed by atoms with Gasteiger partial charge in [-0.25, -0.2) is 0 Å². The van der Waals surface area contributed by atoms with Crippen LogP contribution in [0.2, 0.25) is 0 Å². The zero-order valence-electron chi connectivity index (χ0n) is 17.1. The first-order chi connectivity index (χ1) is 15.2. The maximum Gasteiger partial charge on any atom is 0.416 e. The maximum absolute atomic E-state index is 12.7. The first-order valence-electron chi connectivity index (χ1n) is 9.60. The summed E-state index contributed by atoms with van der Waals surface area (Å²) < 4.78 is 43.6. The van der Waals surface area contributed by atoms with Crippen molar-refractivity contribution >= 4 is 17.5 Å². The molecule has 0 aliphatic heterocycles. The molecule has 32 heavy (non-hydrogen) atoms. The summed E-state index contributed by atoms with van der Waals surface area (Å²) in [4.78, 5) is 28.4. The molecule has 2 aromatic carbocycles. The van der Waals surface area contributed by atoms with Gasteiger partial charge in [-0.1, -0.05) is 12.1 Å². The zero-order valence-corrected chi connectivity index (χ0v) is 17.1. The van der Waals surface area contributed by atoms with Crippen molar-refractivity contribution in [2.45, 2.75) is 19.6 Å². The van der Waals surface area contributed by atoms with E-state index in [2.05, 4.69) is 15.6 Å². The third kappa shape index (κ3) is 6.56. The van der Waals surface area contributed by atoms with E-state index in [-0.39, 0.29) is 11.6 Å². The van der Waals surface area contributed by atoms with Gasteiger partial charge in [0.1, 0.15) is 5.75 Å². The molecule has 0 saturated carbocycles. The second kappa shape index (κ2) is 9.95. The molecular weight excluding hydrogens is 423 g/mol. The standard InChI is InChI=1S/C23H20F3N3O3/c1-15-5-6-16(12-27-15)13-28-22(31)17-7-9-20(10-8-17)32-14-21(30)29-19-4-2-3-18(11-19)23(24,25)26/h2-12H,13-14H2,1H3,(H,28,31)(H,29,30). The topological polar surface area (TPSA) is 80.3 Å². The van der Waals surface area contributed by atoms with Crippen molar-refractivity contribution in [2.75, 3.05) is 11.9 Å². The van der Waals surface area contributed by atoms with Crippen LogP contribution < -0.4 is 15.4 Å². The van der Waals surface area contributed by atoms with Crippen LogP contribution in [0.15, 0.2) is 66.9 Å². The summed E-state index contributed by atoms with van der Waals surface area (Å²) in [6.07, 6.45) is -2.81. The Morgan fingerprint density at radius 2 is 1.78 bits per heavy atom. The lowest BCUT2D eigenvalue weighted by molar-refractivity contribution is -0.137. The fourth-order valence-electron chi connectivity index (χ4n) is 2.71. The Morgan fingerprint density at radius 3 is 2.44 bits per heavy atom. The first kappa shape index (κ1) is 22.8. The average molecular weight is 443 g/mol. The highest BCUT2D eigenvalue weighted by Crippen LogP contribution is 2.30. The number of nitrogens with one attached hydrogen (secondary N) is 2. The number of pyridine rings is 1. The van der Waals surface area contributed by atoms with Gasteiger partial charge in [-0.3, -0.25) is 14.6 Å². The minimum Gasteiger partial charge on any atom is -0.484 e. The van der Waals surface area contributed by atoms with Gasteiger partial charge in [0.05, 0.1) is 5.56 Å². The van der Waals surface area contributed by atoms with Gasteiger partial charge in [0.2, 0.25) is 0 Å². The number of hydrogen-bond acceptors (Lipinski definition) is 4. The highest BCUT2D eigenvalue weighted by molar-refractivity contribution is 5.94. The van der Waals surface area contributed by atoms with Crippen LogP contribution in [0.25, 0.3) is 0 Å². The van der Waals surface area contributed by atoms with Crippen LogP contribution in [0.3, 0.4) is 0 Å². The van der Waals surface area contributed by atoms with Gasteiger partial charge in [0.15, 0.2) is 6.61 Å². The van der Waals surface area contributed by atoms with E-state index in [1.54, 1.807) is 18.3 Å². The third-order valence-corrected chi connectivity index (χ3v) is 4.39. The van der Waals surface area contributed by atoms with Crippen LogP contribution >= 0.6 is 0 Å². The van der Waals surface area contributed by atoms with E-state index in [0.717, 1.165) is 23.4 Å². The van der Waals surface area contributed by atoms with Gasteiger partial charge in [0.25, 0.3) is 11.8 Å². The Balaban J connectivity index is 1.48. The highest BCUT2D eigenvalue weighted by Gasteiger charge is 2.30. The summed E-state index contributed by atoms with van der Waals surface area (Å²) in [6.45, 7) is 1.81. The lowest BCUT2D eigenvalue weighted by Gasteiger charge is -2.11. The molecule has 3 aromatic rings. The largest absolute Gasteiger partial charge is 0.484 e. The van der Waals surface area contributed by atoms with E-state index < -0.39 is 24.3 Å². The Morgan fingerprint density at radius 1 is 1.03 bits per heavy atom. The molecule has 0 aliphatic rings. The van der Waals surface area contributed by atoms with Crippen molar-refractivity contribution in [3.05, 3.63) is 89.2 Å². The number of benzene rings is 2. The van der Waals surface area contributed by atoms with E-state index in [9.17, 15) is 22.8 Å². The SMILES string of the molecule is Cc1ccc(CNC(=O)c2ccc(OCC(=O)Nc3cccc(C(F)(F)F)c3)cc2)cn1. The predicted molar refractivity (Wildman–Crippen MR) is 112 cm³/mol. The number of carbonyl (C=O) groups is 2. The molecule has 1 aromatic heterocycles. The Labute approximate surface area is 182 Å². The first-order valence-corrected chi connectivity index (χ1v) is 9.60. The number of aromatic nitrogens is 1.